The van der Waals surface area contributed by atoms with Crippen LogP contribution in [0, 0.1) is 0 Å². The average molecular weight is 282 g/mol. The van der Waals surface area contributed by atoms with Crippen molar-refractivity contribution in [2.75, 3.05) is 13.6 Å². The molecule has 1 N–H and O–H groups in total. The third kappa shape index (κ3) is 1.61. The normalized spacial score (nSPS) is 35.8. The Hall–Kier alpha value is -0.930. The van der Waals surface area contributed by atoms with Crippen LogP contribution in [0.25, 0.3) is 0 Å². The number of piperidine rings is 1. The van der Waals surface area contributed by atoms with E-state index in [1.165, 1.54) is 31.2 Å². The molecule has 0 aromatic heterocycles. The highest BCUT2D eigenvalue weighted by Gasteiger charge is 2.55. The largest absolute Gasteiger partial charge is 0.504 e. The van der Waals surface area contributed by atoms with Gasteiger partial charge in [0.1, 0.15) is 6.10 Å². The number of halogens is 1. The number of likely N-dealkylation sites (tertiary alicyclic amines) is 1. The van der Waals surface area contributed by atoms with Crippen LogP contribution >= 0.6 is 12.4 Å². The highest BCUT2D eigenvalue weighted by Crippen LogP contribution is 2.56. The fourth-order valence-electron chi connectivity index (χ4n) is 4.28. The van der Waals surface area contributed by atoms with Gasteiger partial charge in [-0.2, -0.15) is 0 Å². The molecule has 0 amide bonds. The van der Waals surface area contributed by atoms with Gasteiger partial charge in [-0.1, -0.05) is 18.6 Å². The van der Waals surface area contributed by atoms with E-state index >= 15 is 0 Å². The minimum absolute atomic E-state index is 0. The summed E-state index contributed by atoms with van der Waals surface area (Å²) in [6.07, 6.45) is 5.19. The van der Waals surface area contributed by atoms with Gasteiger partial charge in [-0.05, 0) is 32.4 Å². The second-order valence-corrected chi connectivity index (χ2v) is 6.11. The van der Waals surface area contributed by atoms with Crippen molar-refractivity contribution in [2.45, 2.75) is 43.2 Å². The lowest BCUT2D eigenvalue weighted by molar-refractivity contribution is -0.00908. The molecule has 1 aromatic carbocycles. The number of ether oxygens (including phenoxy) is 1. The van der Waals surface area contributed by atoms with Gasteiger partial charge in [-0.15, -0.1) is 12.4 Å². The molecule has 0 radical (unpaired) electrons. The minimum Gasteiger partial charge on any atom is -0.504 e. The van der Waals surface area contributed by atoms with Crippen LogP contribution in [0.3, 0.4) is 0 Å². The van der Waals surface area contributed by atoms with Crippen LogP contribution in [0.15, 0.2) is 18.2 Å². The first-order valence-corrected chi connectivity index (χ1v) is 6.90. The number of phenols is 1. The van der Waals surface area contributed by atoms with Crippen LogP contribution in [0.2, 0.25) is 0 Å². The summed E-state index contributed by atoms with van der Waals surface area (Å²) in [5, 5.41) is 10.00. The fraction of sp³-hybridized carbons (Fsp3) is 0.600. The third-order valence-electron chi connectivity index (χ3n) is 5.24. The van der Waals surface area contributed by atoms with Crippen LogP contribution in [0.5, 0.6) is 11.5 Å². The van der Waals surface area contributed by atoms with Gasteiger partial charge < -0.3 is 9.84 Å². The molecule has 104 valence electrons. The first-order chi connectivity index (χ1) is 8.71. The van der Waals surface area contributed by atoms with Gasteiger partial charge >= 0.3 is 0 Å². The Labute approximate surface area is 120 Å². The van der Waals surface area contributed by atoms with Crippen LogP contribution in [0.1, 0.15) is 31.2 Å². The topological polar surface area (TPSA) is 32.7 Å². The molecule has 2 heterocycles. The maximum Gasteiger partial charge on any atom is 0.165 e. The Balaban J connectivity index is 0.00000110. The zero-order valence-electron chi connectivity index (χ0n) is 11.1. The third-order valence-corrected chi connectivity index (χ3v) is 5.24. The lowest BCUT2D eigenvalue weighted by atomic mass is 9.63. The number of hydrogen-bond donors (Lipinski definition) is 1. The molecule has 1 aromatic rings. The smallest absolute Gasteiger partial charge is 0.165 e. The average Bonchev–Trinajstić information content (AvgIpc) is 2.66. The summed E-state index contributed by atoms with van der Waals surface area (Å²) in [6.45, 7) is 0.985. The van der Waals surface area contributed by atoms with Crippen LogP contribution in [-0.4, -0.2) is 35.7 Å². The van der Waals surface area contributed by atoms with Crippen molar-refractivity contribution in [1.82, 2.24) is 4.90 Å². The number of aromatic hydroxyl groups is 1. The number of fused-ring (bicyclic) bond motifs is 2. The summed E-state index contributed by atoms with van der Waals surface area (Å²) in [7, 11) is 2.20. The molecule has 2 fully saturated rings. The van der Waals surface area contributed by atoms with E-state index in [-0.39, 0.29) is 23.9 Å². The van der Waals surface area contributed by atoms with Crippen molar-refractivity contribution < 1.29 is 9.84 Å². The van der Waals surface area contributed by atoms with Crippen molar-refractivity contribution in [3.8, 4) is 11.5 Å². The molecule has 3 nitrogen and oxygen atoms in total. The first kappa shape index (κ1) is 13.1. The van der Waals surface area contributed by atoms with Crippen molar-refractivity contribution in [1.29, 1.82) is 0 Å². The first-order valence-electron chi connectivity index (χ1n) is 6.90. The maximum atomic E-state index is 10.00. The van der Waals surface area contributed by atoms with E-state index in [0.717, 1.165) is 12.3 Å². The summed E-state index contributed by atoms with van der Waals surface area (Å²) in [5.41, 5.74) is 1.43. The molecule has 1 spiro atoms. The molecule has 19 heavy (non-hydrogen) atoms. The predicted octanol–water partition coefficient (Wildman–Crippen LogP) is 2.70. The lowest BCUT2D eigenvalue weighted by Gasteiger charge is -2.50. The molecule has 1 aliphatic carbocycles. The fourth-order valence-corrected chi connectivity index (χ4v) is 4.28. The van der Waals surface area contributed by atoms with E-state index in [2.05, 4.69) is 18.0 Å². The summed E-state index contributed by atoms with van der Waals surface area (Å²) < 4.78 is 6.10. The Morgan fingerprint density at radius 1 is 1.42 bits per heavy atom. The number of phenolic OH excluding ortho intramolecular Hbond substituents is 1. The number of benzene rings is 1. The van der Waals surface area contributed by atoms with Gasteiger partial charge in [-0.3, -0.25) is 4.90 Å². The number of hydrogen-bond acceptors (Lipinski definition) is 3. The number of rotatable bonds is 0. The number of para-hydroxylation sites is 1. The number of likely N-dealkylation sites (N-methyl/N-ethyl adjacent to an activating group) is 1. The molecule has 4 heteroatoms. The van der Waals surface area contributed by atoms with E-state index in [1.807, 2.05) is 6.07 Å². The zero-order valence-corrected chi connectivity index (χ0v) is 11.9. The molecule has 1 saturated carbocycles. The second-order valence-electron chi connectivity index (χ2n) is 6.11. The van der Waals surface area contributed by atoms with Crippen molar-refractivity contribution in [2.24, 2.45) is 0 Å². The van der Waals surface area contributed by atoms with E-state index in [0.29, 0.717) is 11.8 Å². The summed E-state index contributed by atoms with van der Waals surface area (Å²) in [5.74, 6) is 1.06. The molecule has 2 aliphatic heterocycles. The molecule has 3 aliphatic rings. The Bertz CT molecular complexity index is 507. The van der Waals surface area contributed by atoms with Crippen molar-refractivity contribution in [3.05, 3.63) is 23.8 Å². The lowest BCUT2D eigenvalue weighted by Crippen LogP contribution is -2.58. The summed E-state index contributed by atoms with van der Waals surface area (Å²) >= 11 is 0. The van der Waals surface area contributed by atoms with Crippen LogP contribution in [-0.2, 0) is 5.41 Å². The maximum absolute atomic E-state index is 10.00. The van der Waals surface area contributed by atoms with E-state index < -0.39 is 0 Å². The SMILES string of the molecule is CN1CC2Oc3c(O)cccc3C23CCCC1C3.Cl. The quantitative estimate of drug-likeness (QED) is 0.794. The van der Waals surface area contributed by atoms with Gasteiger partial charge in [0.2, 0.25) is 0 Å². The summed E-state index contributed by atoms with van der Waals surface area (Å²) in [6, 6.07) is 6.53. The minimum atomic E-state index is 0. The molecule has 2 bridgehead atoms. The molecule has 3 unspecified atom stereocenters. The van der Waals surface area contributed by atoms with Gasteiger partial charge in [0, 0.05) is 23.6 Å². The Kier molecular flexibility index (Phi) is 2.95. The monoisotopic (exact) mass is 281 g/mol. The Morgan fingerprint density at radius 3 is 3.11 bits per heavy atom. The molecular weight excluding hydrogens is 262 g/mol. The van der Waals surface area contributed by atoms with Gasteiger partial charge in [0.15, 0.2) is 11.5 Å². The molecule has 4 rings (SSSR count). The van der Waals surface area contributed by atoms with Crippen LogP contribution in [0.4, 0.5) is 0 Å². The predicted molar refractivity (Wildman–Crippen MR) is 76.3 cm³/mol. The van der Waals surface area contributed by atoms with Crippen LogP contribution < -0.4 is 4.74 Å². The highest BCUT2D eigenvalue weighted by atomic mass is 35.5. The van der Waals surface area contributed by atoms with Gasteiger partial charge in [0.25, 0.3) is 0 Å². The highest BCUT2D eigenvalue weighted by molar-refractivity contribution is 5.85. The summed E-state index contributed by atoms with van der Waals surface area (Å²) in [4.78, 5) is 2.44. The van der Waals surface area contributed by atoms with Crippen molar-refractivity contribution in [3.63, 3.8) is 0 Å². The molecule has 1 saturated heterocycles. The Morgan fingerprint density at radius 2 is 2.26 bits per heavy atom. The second kappa shape index (κ2) is 4.29. The van der Waals surface area contributed by atoms with Gasteiger partial charge in [-0.25, -0.2) is 0 Å². The number of nitrogens with zero attached hydrogens (tertiary/aromatic N) is 1. The van der Waals surface area contributed by atoms with Gasteiger partial charge in [0.05, 0.1) is 0 Å². The molecule has 3 atom stereocenters. The molecular formula is C15H20ClNO2. The van der Waals surface area contributed by atoms with E-state index in [9.17, 15) is 5.11 Å². The standard InChI is InChI=1S/C15H19NO2.ClH/c1-16-9-13-15(7-3-4-10(16)8-15)11-5-2-6-12(17)14(11)18-13;/h2,5-6,10,13,17H,3-4,7-9H2,1H3;1H. The van der Waals surface area contributed by atoms with E-state index in [4.69, 9.17) is 4.74 Å². The zero-order chi connectivity index (χ0) is 12.3. The van der Waals surface area contributed by atoms with E-state index in [1.54, 1.807) is 6.07 Å². The van der Waals surface area contributed by atoms with Crippen molar-refractivity contribution >= 4 is 12.4 Å².